The first-order valence-electron chi connectivity index (χ1n) is 6.44. The van der Waals surface area contributed by atoms with Crippen molar-refractivity contribution in [3.63, 3.8) is 0 Å². The molecule has 20 heavy (non-hydrogen) atoms. The first-order chi connectivity index (χ1) is 9.47. The molecule has 1 rings (SSSR count). The normalized spacial score (nSPS) is 10.4. The summed E-state index contributed by atoms with van der Waals surface area (Å²) in [6.07, 6.45) is 0.713. The van der Waals surface area contributed by atoms with Crippen LogP contribution in [0.1, 0.15) is 12.8 Å². The number of nitrogens with one attached hydrogen (secondary N) is 2. The van der Waals surface area contributed by atoms with E-state index in [0.717, 1.165) is 17.4 Å². The van der Waals surface area contributed by atoms with Crippen LogP contribution in [-0.4, -0.2) is 43.9 Å². The highest BCUT2D eigenvalue weighted by Crippen LogP contribution is 2.14. The van der Waals surface area contributed by atoms with E-state index in [2.05, 4.69) is 26.6 Å². The zero-order valence-electron chi connectivity index (χ0n) is 11.8. The van der Waals surface area contributed by atoms with Crippen molar-refractivity contribution in [2.75, 3.05) is 32.5 Å². The summed E-state index contributed by atoms with van der Waals surface area (Å²) in [6.45, 7) is 1.49. The van der Waals surface area contributed by atoms with E-state index in [-0.39, 0.29) is 18.2 Å². The highest BCUT2D eigenvalue weighted by Gasteiger charge is 2.09. The van der Waals surface area contributed by atoms with Crippen LogP contribution >= 0.6 is 15.9 Å². The van der Waals surface area contributed by atoms with E-state index in [1.807, 2.05) is 31.1 Å². The topological polar surface area (TPSA) is 61.4 Å². The lowest BCUT2D eigenvalue weighted by atomic mass is 10.3. The van der Waals surface area contributed by atoms with Gasteiger partial charge in [0.25, 0.3) is 0 Å². The van der Waals surface area contributed by atoms with Crippen LogP contribution < -0.4 is 10.6 Å². The van der Waals surface area contributed by atoms with E-state index in [4.69, 9.17) is 0 Å². The van der Waals surface area contributed by atoms with Crippen molar-refractivity contribution in [3.8, 4) is 0 Å². The monoisotopic (exact) mass is 341 g/mol. The maximum Gasteiger partial charge on any atom is 0.233 e. The Labute approximate surface area is 127 Å². The Balaban J connectivity index is 2.24. The Morgan fingerprint density at radius 3 is 2.40 bits per heavy atom. The van der Waals surface area contributed by atoms with Gasteiger partial charge in [0.1, 0.15) is 6.42 Å². The molecule has 0 saturated heterocycles. The molecule has 2 N–H and O–H groups in total. The van der Waals surface area contributed by atoms with Crippen molar-refractivity contribution in [3.05, 3.63) is 28.7 Å². The van der Waals surface area contributed by atoms with Crippen molar-refractivity contribution >= 4 is 33.4 Å². The number of benzene rings is 1. The lowest BCUT2D eigenvalue weighted by Crippen LogP contribution is -2.30. The number of nitrogens with zero attached hydrogens (tertiary/aromatic N) is 1. The molecule has 2 amide bonds. The van der Waals surface area contributed by atoms with Gasteiger partial charge in [-0.3, -0.25) is 9.59 Å². The predicted octanol–water partition coefficient (Wildman–Crippen LogP) is 1.85. The lowest BCUT2D eigenvalue weighted by molar-refractivity contribution is -0.126. The number of carbonyl (C=O) groups is 2. The van der Waals surface area contributed by atoms with Gasteiger partial charge in [-0.05, 0) is 51.3 Å². The molecule has 6 heteroatoms. The van der Waals surface area contributed by atoms with E-state index in [9.17, 15) is 9.59 Å². The lowest BCUT2D eigenvalue weighted by Gasteiger charge is -2.10. The second kappa shape index (κ2) is 8.71. The maximum absolute atomic E-state index is 11.7. The standard InChI is InChI=1S/C14H20BrN3O2/c1-18(2)9-3-8-16-13(19)10-14(20)17-12-6-4-11(15)5-7-12/h4-7H,3,8-10H2,1-2H3,(H,16,19)(H,17,20). The van der Waals surface area contributed by atoms with Gasteiger partial charge in [-0.2, -0.15) is 0 Å². The minimum absolute atomic E-state index is 0.155. The summed E-state index contributed by atoms with van der Waals surface area (Å²) in [6, 6.07) is 7.21. The Morgan fingerprint density at radius 2 is 1.80 bits per heavy atom. The van der Waals surface area contributed by atoms with Crippen LogP contribution in [-0.2, 0) is 9.59 Å². The Kier molecular flexibility index (Phi) is 7.25. The Hall–Kier alpha value is -1.40. The van der Waals surface area contributed by atoms with Crippen LogP contribution in [0, 0.1) is 0 Å². The average molecular weight is 342 g/mol. The summed E-state index contributed by atoms with van der Waals surface area (Å²) in [5.74, 6) is -0.559. The first kappa shape index (κ1) is 16.7. The fraction of sp³-hybridized carbons (Fsp3) is 0.429. The number of rotatable bonds is 7. The van der Waals surface area contributed by atoms with Crippen LogP contribution in [0.25, 0.3) is 0 Å². The van der Waals surface area contributed by atoms with E-state index in [1.165, 1.54) is 0 Å². The number of halogens is 1. The van der Waals surface area contributed by atoms with Crippen LogP contribution in [0.3, 0.4) is 0 Å². The molecule has 5 nitrogen and oxygen atoms in total. The minimum Gasteiger partial charge on any atom is -0.356 e. The van der Waals surface area contributed by atoms with Gasteiger partial charge in [0.2, 0.25) is 11.8 Å². The van der Waals surface area contributed by atoms with Gasteiger partial charge in [0.15, 0.2) is 0 Å². The number of hydrogen-bond donors (Lipinski definition) is 2. The van der Waals surface area contributed by atoms with Gasteiger partial charge in [-0.25, -0.2) is 0 Å². The van der Waals surface area contributed by atoms with Crippen molar-refractivity contribution in [1.82, 2.24) is 10.2 Å². The fourth-order valence-corrected chi connectivity index (χ4v) is 1.83. The summed E-state index contributed by atoms with van der Waals surface area (Å²) in [7, 11) is 3.96. The van der Waals surface area contributed by atoms with Gasteiger partial charge < -0.3 is 15.5 Å². The third-order valence-corrected chi connectivity index (χ3v) is 3.08. The van der Waals surface area contributed by atoms with Crippen molar-refractivity contribution < 1.29 is 9.59 Å². The Morgan fingerprint density at radius 1 is 1.15 bits per heavy atom. The highest BCUT2D eigenvalue weighted by atomic mass is 79.9. The molecule has 0 radical (unpaired) electrons. The predicted molar refractivity (Wildman–Crippen MR) is 83.6 cm³/mol. The van der Waals surface area contributed by atoms with Gasteiger partial charge in [0.05, 0.1) is 0 Å². The molecule has 0 aliphatic rings. The SMILES string of the molecule is CN(C)CCCNC(=O)CC(=O)Nc1ccc(Br)cc1. The minimum atomic E-state index is -0.308. The molecule has 0 atom stereocenters. The number of hydrogen-bond acceptors (Lipinski definition) is 3. The summed E-state index contributed by atoms with van der Waals surface area (Å²) in [4.78, 5) is 25.3. The molecule has 0 heterocycles. The summed E-state index contributed by atoms with van der Waals surface area (Å²) in [5, 5.41) is 5.41. The zero-order chi connectivity index (χ0) is 15.0. The van der Waals surface area contributed by atoms with E-state index < -0.39 is 0 Å². The molecular weight excluding hydrogens is 322 g/mol. The number of carbonyl (C=O) groups excluding carboxylic acids is 2. The molecule has 0 aliphatic heterocycles. The molecule has 0 fully saturated rings. The van der Waals surface area contributed by atoms with Gasteiger partial charge in [-0.15, -0.1) is 0 Å². The number of anilines is 1. The highest BCUT2D eigenvalue weighted by molar-refractivity contribution is 9.10. The smallest absolute Gasteiger partial charge is 0.233 e. The quantitative estimate of drug-likeness (QED) is 0.587. The van der Waals surface area contributed by atoms with Gasteiger partial charge in [-0.1, -0.05) is 15.9 Å². The molecular formula is C14H20BrN3O2. The van der Waals surface area contributed by atoms with E-state index in [1.54, 1.807) is 12.1 Å². The summed E-state index contributed by atoms with van der Waals surface area (Å²) < 4.78 is 0.939. The fourth-order valence-electron chi connectivity index (χ4n) is 1.57. The molecule has 0 spiro atoms. The largest absolute Gasteiger partial charge is 0.356 e. The molecule has 1 aromatic carbocycles. The van der Waals surface area contributed by atoms with Crippen LogP contribution in [0.15, 0.2) is 28.7 Å². The van der Waals surface area contributed by atoms with Gasteiger partial charge in [0, 0.05) is 16.7 Å². The van der Waals surface area contributed by atoms with Crippen LogP contribution in [0.2, 0.25) is 0 Å². The van der Waals surface area contributed by atoms with E-state index in [0.29, 0.717) is 12.2 Å². The molecule has 0 bridgehead atoms. The van der Waals surface area contributed by atoms with Gasteiger partial charge >= 0.3 is 0 Å². The average Bonchev–Trinajstić information content (AvgIpc) is 2.37. The van der Waals surface area contributed by atoms with Crippen LogP contribution in [0.4, 0.5) is 5.69 Å². The van der Waals surface area contributed by atoms with E-state index >= 15 is 0 Å². The summed E-state index contributed by atoms with van der Waals surface area (Å²) >= 11 is 3.32. The van der Waals surface area contributed by atoms with Crippen LogP contribution in [0.5, 0.6) is 0 Å². The molecule has 110 valence electrons. The second-order valence-electron chi connectivity index (χ2n) is 4.74. The molecule has 0 aromatic heterocycles. The third kappa shape index (κ3) is 7.25. The Bertz CT molecular complexity index is 446. The molecule has 1 aromatic rings. The zero-order valence-corrected chi connectivity index (χ0v) is 13.4. The van der Waals surface area contributed by atoms with Crippen molar-refractivity contribution in [1.29, 1.82) is 0 Å². The van der Waals surface area contributed by atoms with Crippen molar-refractivity contribution in [2.45, 2.75) is 12.8 Å². The molecule has 0 unspecified atom stereocenters. The number of amides is 2. The van der Waals surface area contributed by atoms with Crippen molar-refractivity contribution in [2.24, 2.45) is 0 Å². The maximum atomic E-state index is 11.7. The summed E-state index contributed by atoms with van der Waals surface area (Å²) in [5.41, 5.74) is 0.679. The molecule has 0 aliphatic carbocycles. The first-order valence-corrected chi connectivity index (χ1v) is 7.23. The second-order valence-corrected chi connectivity index (χ2v) is 5.65. The third-order valence-electron chi connectivity index (χ3n) is 2.55. The molecule has 0 saturated carbocycles.